The number of hydrogen-bond donors (Lipinski definition) is 3. The van der Waals surface area contributed by atoms with Gasteiger partial charge in [0.25, 0.3) is 0 Å². The minimum Gasteiger partial charge on any atom is -0.480 e. The smallest absolute Gasteiger partial charge is 0.322 e. The molecule has 1 atom stereocenters. The van der Waals surface area contributed by atoms with Crippen molar-refractivity contribution >= 4 is 11.7 Å². The molecule has 0 fully saturated rings. The summed E-state index contributed by atoms with van der Waals surface area (Å²) in [4.78, 5) is 14.5. The molecule has 0 aliphatic heterocycles. The minimum atomic E-state index is -0.871. The van der Waals surface area contributed by atoms with Gasteiger partial charge >= 0.3 is 5.97 Å². The third-order valence-corrected chi connectivity index (χ3v) is 1.82. The van der Waals surface area contributed by atoms with Gasteiger partial charge in [0.15, 0.2) is 0 Å². The van der Waals surface area contributed by atoms with E-state index in [1.54, 1.807) is 25.5 Å². The normalized spacial score (nSPS) is 12.1. The van der Waals surface area contributed by atoms with Crippen LogP contribution < -0.4 is 10.6 Å². The van der Waals surface area contributed by atoms with Crippen molar-refractivity contribution < 1.29 is 9.90 Å². The highest BCUT2D eigenvalue weighted by atomic mass is 16.4. The third kappa shape index (κ3) is 3.02. The number of anilines is 1. The van der Waals surface area contributed by atoms with Gasteiger partial charge < -0.3 is 15.7 Å². The molecule has 3 N–H and O–H groups in total. The van der Waals surface area contributed by atoms with E-state index in [2.05, 4.69) is 15.6 Å². The number of carboxylic acids is 1. The number of carboxylic acid groups (broad SMARTS) is 1. The van der Waals surface area contributed by atoms with Crippen LogP contribution in [0.3, 0.4) is 0 Å². The summed E-state index contributed by atoms with van der Waals surface area (Å²) < 4.78 is 0. The number of rotatable bonds is 5. The van der Waals surface area contributed by atoms with Gasteiger partial charge in [-0.2, -0.15) is 0 Å². The van der Waals surface area contributed by atoms with E-state index in [1.807, 2.05) is 6.07 Å². The number of pyridine rings is 1. The molecule has 1 rings (SSSR count). The van der Waals surface area contributed by atoms with Gasteiger partial charge in [0.1, 0.15) is 6.04 Å². The first-order chi connectivity index (χ1) is 6.74. The molecule has 0 aromatic carbocycles. The van der Waals surface area contributed by atoms with E-state index in [0.29, 0.717) is 6.54 Å². The van der Waals surface area contributed by atoms with Crippen LogP contribution in [0.15, 0.2) is 24.5 Å². The molecule has 0 saturated heterocycles. The molecule has 0 aliphatic rings. The van der Waals surface area contributed by atoms with E-state index in [9.17, 15) is 4.79 Å². The highest BCUT2D eigenvalue weighted by Crippen LogP contribution is 2.02. The molecule has 5 heteroatoms. The minimum absolute atomic E-state index is 0.331. The van der Waals surface area contributed by atoms with Crippen molar-refractivity contribution in [1.29, 1.82) is 0 Å². The molecule has 0 radical (unpaired) electrons. The second kappa shape index (κ2) is 5.18. The fraction of sp³-hybridized carbons (Fsp3) is 0.333. The van der Waals surface area contributed by atoms with E-state index in [4.69, 9.17) is 5.11 Å². The lowest BCUT2D eigenvalue weighted by Crippen LogP contribution is -2.39. The van der Waals surface area contributed by atoms with Crippen molar-refractivity contribution in [3.05, 3.63) is 24.5 Å². The van der Waals surface area contributed by atoms with Gasteiger partial charge in [0.2, 0.25) is 0 Å². The summed E-state index contributed by atoms with van der Waals surface area (Å²) in [6.45, 7) is 0.331. The first-order valence-corrected chi connectivity index (χ1v) is 4.28. The largest absolute Gasteiger partial charge is 0.480 e. The van der Waals surface area contributed by atoms with E-state index in [0.717, 1.165) is 5.69 Å². The highest BCUT2D eigenvalue weighted by Gasteiger charge is 2.13. The number of aliphatic carboxylic acids is 1. The quantitative estimate of drug-likeness (QED) is 0.624. The first kappa shape index (κ1) is 10.5. The van der Waals surface area contributed by atoms with Crippen molar-refractivity contribution in [3.8, 4) is 0 Å². The van der Waals surface area contributed by atoms with Crippen molar-refractivity contribution in [2.45, 2.75) is 6.04 Å². The number of hydrogen-bond acceptors (Lipinski definition) is 4. The molecule has 1 heterocycles. The van der Waals surface area contributed by atoms with Gasteiger partial charge in [-0.25, -0.2) is 0 Å². The Bertz CT molecular complexity index is 289. The Hall–Kier alpha value is -1.62. The van der Waals surface area contributed by atoms with Crippen LogP contribution in [0.25, 0.3) is 0 Å². The van der Waals surface area contributed by atoms with Crippen LogP contribution in [0, 0.1) is 0 Å². The molecular weight excluding hydrogens is 182 g/mol. The van der Waals surface area contributed by atoms with Gasteiger partial charge in [-0.1, -0.05) is 0 Å². The Labute approximate surface area is 82.2 Å². The molecule has 76 valence electrons. The van der Waals surface area contributed by atoms with Crippen molar-refractivity contribution in [1.82, 2.24) is 10.3 Å². The average molecular weight is 195 g/mol. The van der Waals surface area contributed by atoms with Crippen LogP contribution in [0.1, 0.15) is 0 Å². The van der Waals surface area contributed by atoms with Crippen LogP contribution in [-0.2, 0) is 4.79 Å². The van der Waals surface area contributed by atoms with Crippen molar-refractivity contribution in [2.24, 2.45) is 0 Å². The van der Waals surface area contributed by atoms with Crippen LogP contribution >= 0.6 is 0 Å². The summed E-state index contributed by atoms with van der Waals surface area (Å²) in [6.07, 6.45) is 3.31. The lowest BCUT2D eigenvalue weighted by Gasteiger charge is -2.12. The summed E-state index contributed by atoms with van der Waals surface area (Å²) in [7, 11) is 1.61. The molecule has 0 spiro atoms. The van der Waals surface area contributed by atoms with E-state index in [1.165, 1.54) is 0 Å². The van der Waals surface area contributed by atoms with E-state index < -0.39 is 12.0 Å². The van der Waals surface area contributed by atoms with E-state index >= 15 is 0 Å². The van der Waals surface area contributed by atoms with Crippen LogP contribution in [0.5, 0.6) is 0 Å². The molecule has 0 aliphatic carbocycles. The maximum atomic E-state index is 10.6. The zero-order valence-electron chi connectivity index (χ0n) is 7.90. The molecule has 1 aromatic rings. The molecule has 5 nitrogen and oxygen atoms in total. The summed E-state index contributed by atoms with van der Waals surface area (Å²) in [6, 6.07) is 3.04. The van der Waals surface area contributed by atoms with Crippen LogP contribution in [-0.4, -0.2) is 35.7 Å². The molecule has 1 aromatic heterocycles. The van der Waals surface area contributed by atoms with Gasteiger partial charge in [-0.15, -0.1) is 0 Å². The molecule has 0 saturated carbocycles. The Balaban J connectivity index is 2.44. The SMILES string of the molecule is CNC(CNc1cccnc1)C(=O)O. The molecule has 0 amide bonds. The number of nitrogens with one attached hydrogen (secondary N) is 2. The summed E-state index contributed by atoms with van der Waals surface area (Å²) >= 11 is 0. The predicted molar refractivity (Wildman–Crippen MR) is 53.2 cm³/mol. The Morgan fingerprint density at radius 2 is 2.50 bits per heavy atom. The summed E-state index contributed by atoms with van der Waals surface area (Å²) in [5, 5.41) is 14.4. The zero-order valence-corrected chi connectivity index (χ0v) is 7.90. The number of aromatic nitrogens is 1. The number of likely N-dealkylation sites (N-methyl/N-ethyl adjacent to an activating group) is 1. The maximum Gasteiger partial charge on any atom is 0.322 e. The number of carbonyl (C=O) groups is 1. The third-order valence-electron chi connectivity index (χ3n) is 1.82. The number of nitrogens with zero attached hydrogens (tertiary/aromatic N) is 1. The molecule has 14 heavy (non-hydrogen) atoms. The topological polar surface area (TPSA) is 74.2 Å². The Morgan fingerprint density at radius 1 is 1.71 bits per heavy atom. The summed E-state index contributed by atoms with van der Waals surface area (Å²) in [5.74, 6) is -0.871. The Morgan fingerprint density at radius 3 is 3.00 bits per heavy atom. The van der Waals surface area contributed by atoms with Gasteiger partial charge in [0.05, 0.1) is 5.69 Å². The van der Waals surface area contributed by atoms with Gasteiger partial charge in [-0.3, -0.25) is 9.78 Å². The molecule has 1 unspecified atom stereocenters. The van der Waals surface area contributed by atoms with Gasteiger partial charge in [0, 0.05) is 18.9 Å². The van der Waals surface area contributed by atoms with Crippen molar-refractivity contribution in [2.75, 3.05) is 18.9 Å². The standard InChI is InChI=1S/C9H13N3O2/c1-10-8(9(13)14)6-12-7-3-2-4-11-5-7/h2-5,8,10,12H,6H2,1H3,(H,13,14). The average Bonchev–Trinajstić information content (AvgIpc) is 2.20. The Kier molecular flexibility index (Phi) is 3.87. The lowest BCUT2D eigenvalue weighted by atomic mass is 10.3. The second-order valence-corrected chi connectivity index (χ2v) is 2.80. The predicted octanol–water partition coefficient (Wildman–Crippen LogP) is 0.166. The first-order valence-electron chi connectivity index (χ1n) is 4.28. The fourth-order valence-corrected chi connectivity index (χ4v) is 1.00. The van der Waals surface area contributed by atoms with Crippen LogP contribution in [0.2, 0.25) is 0 Å². The molecular formula is C9H13N3O2. The molecule has 0 bridgehead atoms. The zero-order chi connectivity index (χ0) is 10.4. The lowest BCUT2D eigenvalue weighted by molar-refractivity contribution is -0.138. The van der Waals surface area contributed by atoms with Crippen molar-refractivity contribution in [3.63, 3.8) is 0 Å². The fourth-order valence-electron chi connectivity index (χ4n) is 1.00. The van der Waals surface area contributed by atoms with Crippen LogP contribution in [0.4, 0.5) is 5.69 Å². The second-order valence-electron chi connectivity index (χ2n) is 2.80. The van der Waals surface area contributed by atoms with E-state index in [-0.39, 0.29) is 0 Å². The monoisotopic (exact) mass is 195 g/mol. The van der Waals surface area contributed by atoms with Gasteiger partial charge in [-0.05, 0) is 19.2 Å². The summed E-state index contributed by atoms with van der Waals surface area (Å²) in [5.41, 5.74) is 0.814. The highest BCUT2D eigenvalue weighted by molar-refractivity contribution is 5.74. The maximum absolute atomic E-state index is 10.6.